The highest BCUT2D eigenvalue weighted by molar-refractivity contribution is 7.89. The van der Waals surface area contributed by atoms with Crippen molar-refractivity contribution in [3.63, 3.8) is 0 Å². The number of anilines is 1. The van der Waals surface area contributed by atoms with Gasteiger partial charge in [-0.2, -0.15) is 0 Å². The number of rotatable bonds is 7. The smallest absolute Gasteiger partial charge is 0.242 e. The molecular formula is C16H21N3O3S2. The molecule has 2 aromatic rings. The first kappa shape index (κ1) is 18.6. The van der Waals surface area contributed by atoms with Gasteiger partial charge in [0.2, 0.25) is 15.9 Å². The van der Waals surface area contributed by atoms with Crippen LogP contribution in [0.2, 0.25) is 0 Å². The van der Waals surface area contributed by atoms with Gasteiger partial charge in [-0.15, -0.1) is 11.3 Å². The molecule has 0 saturated carbocycles. The number of benzene rings is 1. The summed E-state index contributed by atoms with van der Waals surface area (Å²) in [5.74, 6) is -0.187. The number of carbonyl (C=O) groups is 1. The monoisotopic (exact) mass is 367 g/mol. The summed E-state index contributed by atoms with van der Waals surface area (Å²) in [7, 11) is 1.29. The molecule has 0 bridgehead atoms. The number of carbonyl (C=O) groups excluding carboxylic acids is 1. The van der Waals surface area contributed by atoms with E-state index in [0.29, 0.717) is 12.2 Å². The lowest BCUT2D eigenvalue weighted by molar-refractivity contribution is -0.117. The van der Waals surface area contributed by atoms with Crippen LogP contribution in [-0.2, 0) is 21.4 Å². The van der Waals surface area contributed by atoms with E-state index >= 15 is 0 Å². The van der Waals surface area contributed by atoms with Crippen LogP contribution in [0.1, 0.15) is 4.88 Å². The molecule has 1 aromatic heterocycles. The number of amides is 1. The highest BCUT2D eigenvalue weighted by Gasteiger charge is 2.17. The zero-order chi connectivity index (χ0) is 17.7. The first-order chi connectivity index (χ1) is 11.3. The Morgan fingerprint density at radius 3 is 2.54 bits per heavy atom. The van der Waals surface area contributed by atoms with Gasteiger partial charge in [0, 0.05) is 31.2 Å². The minimum absolute atomic E-state index is 0.150. The highest BCUT2D eigenvalue weighted by atomic mass is 32.2. The molecule has 1 amide bonds. The number of nitrogens with zero attached hydrogens (tertiary/aromatic N) is 2. The Morgan fingerprint density at radius 1 is 1.17 bits per heavy atom. The van der Waals surface area contributed by atoms with Gasteiger partial charge in [-0.05, 0) is 36.7 Å². The molecule has 8 heteroatoms. The average Bonchev–Trinajstić information content (AvgIpc) is 2.99. The fourth-order valence-electron chi connectivity index (χ4n) is 2.12. The first-order valence-electron chi connectivity index (χ1n) is 7.32. The number of nitrogens with one attached hydrogen (secondary N) is 1. The predicted octanol–water partition coefficient (Wildman–Crippen LogP) is 2.07. The summed E-state index contributed by atoms with van der Waals surface area (Å²) in [5.41, 5.74) is 0.465. The summed E-state index contributed by atoms with van der Waals surface area (Å²) in [6.07, 6.45) is 0. The quantitative estimate of drug-likeness (QED) is 0.813. The van der Waals surface area contributed by atoms with Crippen LogP contribution in [0.5, 0.6) is 0 Å². The van der Waals surface area contributed by atoms with Gasteiger partial charge in [0.15, 0.2) is 0 Å². The minimum atomic E-state index is -3.52. The molecule has 0 aliphatic carbocycles. The zero-order valence-electron chi connectivity index (χ0n) is 13.9. The van der Waals surface area contributed by atoms with Crippen LogP contribution in [0.25, 0.3) is 0 Å². The Labute approximate surface area is 146 Å². The predicted molar refractivity (Wildman–Crippen MR) is 96.6 cm³/mol. The average molecular weight is 367 g/mol. The fourth-order valence-corrected chi connectivity index (χ4v) is 3.85. The van der Waals surface area contributed by atoms with E-state index in [1.165, 1.54) is 31.1 Å². The largest absolute Gasteiger partial charge is 0.325 e. The summed E-state index contributed by atoms with van der Waals surface area (Å²) >= 11 is 1.64. The third kappa shape index (κ3) is 4.88. The molecule has 0 fully saturated rings. The SMILES string of the molecule is CN(CC(=O)Nc1cccc(S(=O)(=O)N(C)C)c1)Cc1cccs1. The normalized spacial score (nSPS) is 11.9. The highest BCUT2D eigenvalue weighted by Crippen LogP contribution is 2.18. The lowest BCUT2D eigenvalue weighted by Crippen LogP contribution is -2.29. The molecule has 1 aromatic carbocycles. The Hall–Kier alpha value is -1.74. The van der Waals surface area contributed by atoms with Crippen molar-refractivity contribution in [1.29, 1.82) is 0 Å². The topological polar surface area (TPSA) is 69.7 Å². The van der Waals surface area contributed by atoms with Crippen molar-refractivity contribution in [3.8, 4) is 0 Å². The van der Waals surface area contributed by atoms with Crippen molar-refractivity contribution in [2.24, 2.45) is 0 Å². The Kier molecular flexibility index (Phi) is 6.11. The minimum Gasteiger partial charge on any atom is -0.325 e. The number of hydrogen-bond donors (Lipinski definition) is 1. The molecule has 0 radical (unpaired) electrons. The van der Waals surface area contributed by atoms with Gasteiger partial charge >= 0.3 is 0 Å². The third-order valence-corrected chi connectivity index (χ3v) is 5.99. The summed E-state index contributed by atoms with van der Waals surface area (Å²) in [5, 5.41) is 4.74. The van der Waals surface area contributed by atoms with Gasteiger partial charge in [-0.25, -0.2) is 12.7 Å². The van der Waals surface area contributed by atoms with Crippen LogP contribution in [0.15, 0.2) is 46.7 Å². The standard InChI is InChI=1S/C16H21N3O3S2/c1-18(2)24(21,22)15-8-4-6-13(10-15)17-16(20)12-19(3)11-14-7-5-9-23-14/h4-10H,11-12H2,1-3H3,(H,17,20). The molecule has 0 aliphatic rings. The maximum atomic E-state index is 12.1. The molecule has 1 heterocycles. The van der Waals surface area contributed by atoms with Crippen molar-refractivity contribution in [2.75, 3.05) is 33.0 Å². The van der Waals surface area contributed by atoms with E-state index in [2.05, 4.69) is 5.32 Å². The van der Waals surface area contributed by atoms with Crippen LogP contribution < -0.4 is 5.32 Å². The molecule has 0 spiro atoms. The van der Waals surface area contributed by atoms with Gasteiger partial charge in [0.05, 0.1) is 11.4 Å². The molecule has 0 aliphatic heterocycles. The van der Waals surface area contributed by atoms with Crippen molar-refractivity contribution in [2.45, 2.75) is 11.4 Å². The number of sulfonamides is 1. The summed E-state index contributed by atoms with van der Waals surface area (Å²) < 4.78 is 25.4. The molecule has 1 N–H and O–H groups in total. The molecule has 130 valence electrons. The van der Waals surface area contributed by atoms with E-state index in [4.69, 9.17) is 0 Å². The summed E-state index contributed by atoms with van der Waals surface area (Å²) in [6, 6.07) is 10.3. The van der Waals surface area contributed by atoms with Gasteiger partial charge < -0.3 is 5.32 Å². The lowest BCUT2D eigenvalue weighted by Gasteiger charge is -2.16. The van der Waals surface area contributed by atoms with Gasteiger partial charge in [0.1, 0.15) is 0 Å². The number of likely N-dealkylation sites (N-methyl/N-ethyl adjacent to an activating group) is 1. The summed E-state index contributed by atoms with van der Waals surface area (Å²) in [6.45, 7) is 0.919. The van der Waals surface area contributed by atoms with Crippen LogP contribution in [0.3, 0.4) is 0 Å². The maximum Gasteiger partial charge on any atom is 0.242 e. The second kappa shape index (κ2) is 7.89. The van der Waals surface area contributed by atoms with Crippen molar-refractivity contribution in [3.05, 3.63) is 46.7 Å². The van der Waals surface area contributed by atoms with E-state index in [9.17, 15) is 13.2 Å². The van der Waals surface area contributed by atoms with E-state index in [1.54, 1.807) is 23.5 Å². The molecule has 0 saturated heterocycles. The van der Waals surface area contributed by atoms with Gasteiger partial charge in [0.25, 0.3) is 0 Å². The summed E-state index contributed by atoms with van der Waals surface area (Å²) in [4.78, 5) is 15.4. The molecule has 2 rings (SSSR count). The van der Waals surface area contributed by atoms with Crippen molar-refractivity contribution in [1.82, 2.24) is 9.21 Å². The van der Waals surface area contributed by atoms with Crippen LogP contribution in [-0.4, -0.2) is 51.2 Å². The van der Waals surface area contributed by atoms with Gasteiger partial charge in [-0.1, -0.05) is 12.1 Å². The Morgan fingerprint density at radius 2 is 1.92 bits per heavy atom. The molecule has 6 nitrogen and oxygen atoms in total. The maximum absolute atomic E-state index is 12.1. The Balaban J connectivity index is 1.99. The van der Waals surface area contributed by atoms with E-state index in [1.807, 2.05) is 29.5 Å². The van der Waals surface area contributed by atoms with Crippen molar-refractivity contribution >= 4 is 33.0 Å². The zero-order valence-corrected chi connectivity index (χ0v) is 15.5. The third-order valence-electron chi connectivity index (χ3n) is 3.32. The lowest BCUT2D eigenvalue weighted by atomic mass is 10.3. The van der Waals surface area contributed by atoms with Crippen molar-refractivity contribution < 1.29 is 13.2 Å². The second-order valence-electron chi connectivity index (χ2n) is 5.62. The van der Waals surface area contributed by atoms with E-state index in [0.717, 1.165) is 4.31 Å². The second-order valence-corrected chi connectivity index (χ2v) is 8.80. The van der Waals surface area contributed by atoms with Crippen LogP contribution in [0.4, 0.5) is 5.69 Å². The molecule has 0 unspecified atom stereocenters. The Bertz CT molecular complexity index is 787. The van der Waals surface area contributed by atoms with Crippen LogP contribution in [0, 0.1) is 0 Å². The number of thiophene rings is 1. The molecule has 0 atom stereocenters. The first-order valence-corrected chi connectivity index (χ1v) is 9.64. The number of hydrogen-bond acceptors (Lipinski definition) is 5. The fraction of sp³-hybridized carbons (Fsp3) is 0.312. The van der Waals surface area contributed by atoms with E-state index < -0.39 is 10.0 Å². The molecular weight excluding hydrogens is 346 g/mol. The molecule has 24 heavy (non-hydrogen) atoms. The van der Waals surface area contributed by atoms with Crippen LogP contribution >= 0.6 is 11.3 Å². The van der Waals surface area contributed by atoms with Gasteiger partial charge in [-0.3, -0.25) is 9.69 Å². The van der Waals surface area contributed by atoms with E-state index in [-0.39, 0.29) is 17.3 Å².